The average molecular weight is 473 g/mol. The molecule has 0 aromatic rings. The third-order valence-corrected chi connectivity index (χ3v) is 12.8. The lowest BCUT2D eigenvalue weighted by molar-refractivity contribution is -0.168. The van der Waals surface area contributed by atoms with Crippen molar-refractivity contribution in [1.82, 2.24) is 0 Å². The Balaban J connectivity index is 1.28. The summed E-state index contributed by atoms with van der Waals surface area (Å²) in [6, 6.07) is 0. The molecule has 11 unspecified atom stereocenters. The molecule has 0 aromatic heterocycles. The predicted octanol–water partition coefficient (Wildman–Crippen LogP) is 6.69. The molecule has 2 bridgehead atoms. The minimum absolute atomic E-state index is 0.000146. The number of hydrogen-bond donors (Lipinski definition) is 0. The Morgan fingerprint density at radius 1 is 1.00 bits per heavy atom. The summed E-state index contributed by atoms with van der Waals surface area (Å²) < 4.78 is 20.1. The fraction of sp³-hybridized carbons (Fsp3) is 0.967. The van der Waals surface area contributed by atoms with Crippen molar-refractivity contribution in [2.45, 2.75) is 142 Å². The summed E-state index contributed by atoms with van der Waals surface area (Å²) >= 11 is 0. The Morgan fingerprint density at radius 2 is 1.76 bits per heavy atom. The molecule has 0 N–H and O–H groups in total. The van der Waals surface area contributed by atoms with Gasteiger partial charge in [0.1, 0.15) is 17.3 Å². The lowest BCUT2D eigenvalue weighted by atomic mass is 9.44. The van der Waals surface area contributed by atoms with Crippen molar-refractivity contribution in [2.75, 3.05) is 0 Å². The van der Waals surface area contributed by atoms with E-state index < -0.39 is 0 Å². The van der Waals surface area contributed by atoms with Gasteiger partial charge in [-0.1, -0.05) is 54.4 Å². The molecule has 3 saturated heterocycles. The fourth-order valence-corrected chi connectivity index (χ4v) is 10.8. The predicted molar refractivity (Wildman–Crippen MR) is 132 cm³/mol. The minimum Gasteiger partial charge on any atom is -0.462 e. The summed E-state index contributed by atoms with van der Waals surface area (Å²) in [5.41, 5.74) is -0.0208. The Bertz CT molecular complexity index is 870. The summed E-state index contributed by atoms with van der Waals surface area (Å²) in [5, 5.41) is 0. The summed E-state index contributed by atoms with van der Waals surface area (Å²) in [4.78, 5) is 11.7. The van der Waals surface area contributed by atoms with Crippen LogP contribution >= 0.6 is 0 Å². The van der Waals surface area contributed by atoms with E-state index in [-0.39, 0.29) is 34.3 Å². The van der Waals surface area contributed by atoms with Gasteiger partial charge in [0.15, 0.2) is 0 Å². The van der Waals surface area contributed by atoms with Crippen molar-refractivity contribution < 1.29 is 19.0 Å². The van der Waals surface area contributed by atoms with Gasteiger partial charge in [-0.2, -0.15) is 0 Å². The van der Waals surface area contributed by atoms with Crippen molar-refractivity contribution in [1.29, 1.82) is 0 Å². The molecule has 0 amide bonds. The Kier molecular flexibility index (Phi) is 5.06. The molecular formula is C30H48O4. The Hall–Kier alpha value is -0.610. The summed E-state index contributed by atoms with van der Waals surface area (Å²) in [5.74, 6) is 3.56. The van der Waals surface area contributed by atoms with E-state index in [2.05, 4.69) is 41.5 Å². The first-order valence-corrected chi connectivity index (χ1v) is 14.5. The Morgan fingerprint density at radius 3 is 2.47 bits per heavy atom. The van der Waals surface area contributed by atoms with E-state index in [1.54, 1.807) is 6.92 Å². The lowest BCUT2D eigenvalue weighted by Crippen LogP contribution is -2.65. The van der Waals surface area contributed by atoms with Crippen molar-refractivity contribution in [2.24, 2.45) is 40.4 Å². The lowest BCUT2D eigenvalue weighted by Gasteiger charge is -2.56. The van der Waals surface area contributed by atoms with Crippen LogP contribution in [0, 0.1) is 40.4 Å². The zero-order chi connectivity index (χ0) is 24.3. The highest BCUT2D eigenvalue weighted by molar-refractivity contribution is 5.66. The van der Waals surface area contributed by atoms with Gasteiger partial charge >= 0.3 is 5.97 Å². The van der Waals surface area contributed by atoms with E-state index in [9.17, 15) is 4.79 Å². The molecule has 3 aliphatic heterocycles. The number of epoxide rings is 1. The summed E-state index contributed by atoms with van der Waals surface area (Å²) in [6.07, 6.45) is 12.0. The number of fused-ring (bicyclic) bond motifs is 1. The smallest absolute Gasteiger partial charge is 0.302 e. The maximum absolute atomic E-state index is 11.7. The van der Waals surface area contributed by atoms with E-state index in [0.29, 0.717) is 17.4 Å². The maximum atomic E-state index is 11.7. The standard InChI is InChI=1S/C30H48O4/c1-18(2)19(3)8-9-20(4)23-10-11-24-26(23,6)17-25-30(33-25)27(7)13-12-22(32-21(5)31)16-28(27)14-15-29(24,30)34-28/h18-20,22-25H,8-17H2,1-7H3. The van der Waals surface area contributed by atoms with E-state index in [1.807, 2.05) is 0 Å². The largest absolute Gasteiger partial charge is 0.462 e. The van der Waals surface area contributed by atoms with Gasteiger partial charge in [0.05, 0.1) is 11.7 Å². The number of esters is 1. The highest BCUT2D eigenvalue weighted by Crippen LogP contribution is 2.85. The molecule has 6 fully saturated rings. The highest BCUT2D eigenvalue weighted by atomic mass is 16.7. The van der Waals surface area contributed by atoms with E-state index in [1.165, 1.54) is 32.1 Å². The molecule has 192 valence electrons. The second-order valence-corrected chi connectivity index (χ2v) is 14.4. The average Bonchev–Trinajstić information content (AvgIpc) is 3.12. The maximum Gasteiger partial charge on any atom is 0.302 e. The van der Waals surface area contributed by atoms with Crippen LogP contribution in [-0.4, -0.2) is 35.0 Å². The molecular weight excluding hydrogens is 424 g/mol. The second kappa shape index (κ2) is 7.24. The van der Waals surface area contributed by atoms with E-state index >= 15 is 0 Å². The minimum atomic E-state index is -0.179. The monoisotopic (exact) mass is 472 g/mol. The van der Waals surface area contributed by atoms with Crippen LogP contribution in [0.1, 0.15) is 113 Å². The first-order chi connectivity index (χ1) is 15.9. The molecule has 4 nitrogen and oxygen atoms in total. The molecule has 3 heterocycles. The van der Waals surface area contributed by atoms with Gasteiger partial charge in [0, 0.05) is 18.8 Å². The van der Waals surface area contributed by atoms with Gasteiger partial charge < -0.3 is 14.2 Å². The van der Waals surface area contributed by atoms with Crippen LogP contribution in [0.5, 0.6) is 0 Å². The number of hydrogen-bond acceptors (Lipinski definition) is 4. The zero-order valence-corrected chi connectivity index (χ0v) is 22.7. The van der Waals surface area contributed by atoms with Crippen molar-refractivity contribution in [3.63, 3.8) is 0 Å². The molecule has 3 saturated carbocycles. The number of rotatable bonds is 6. The molecule has 11 atom stereocenters. The quantitative estimate of drug-likeness (QED) is 0.319. The van der Waals surface area contributed by atoms with E-state index in [0.717, 1.165) is 55.8 Å². The van der Waals surface area contributed by atoms with Crippen molar-refractivity contribution >= 4 is 5.97 Å². The number of carbonyl (C=O) groups excluding carboxylic acids is 1. The van der Waals surface area contributed by atoms with Gasteiger partial charge in [-0.25, -0.2) is 0 Å². The topological polar surface area (TPSA) is 48.1 Å². The van der Waals surface area contributed by atoms with Crippen LogP contribution in [0.2, 0.25) is 0 Å². The molecule has 6 aliphatic rings. The first-order valence-electron chi connectivity index (χ1n) is 14.5. The van der Waals surface area contributed by atoms with Crippen LogP contribution in [0.25, 0.3) is 0 Å². The van der Waals surface area contributed by atoms with Crippen LogP contribution in [0.15, 0.2) is 0 Å². The molecule has 34 heavy (non-hydrogen) atoms. The molecule has 0 aromatic carbocycles. The van der Waals surface area contributed by atoms with Crippen molar-refractivity contribution in [3.8, 4) is 0 Å². The normalized spacial score (nSPS) is 54.1. The number of carbonyl (C=O) groups is 1. The van der Waals surface area contributed by atoms with Gasteiger partial charge in [-0.3, -0.25) is 4.79 Å². The number of ether oxygens (including phenoxy) is 3. The second-order valence-electron chi connectivity index (χ2n) is 14.4. The first kappa shape index (κ1) is 23.8. The highest BCUT2D eigenvalue weighted by Gasteiger charge is 2.94. The zero-order valence-electron chi connectivity index (χ0n) is 22.7. The van der Waals surface area contributed by atoms with Crippen LogP contribution in [0.4, 0.5) is 0 Å². The summed E-state index contributed by atoms with van der Waals surface area (Å²) in [7, 11) is 0. The molecule has 6 rings (SSSR count). The van der Waals surface area contributed by atoms with Gasteiger partial charge in [-0.15, -0.1) is 0 Å². The van der Waals surface area contributed by atoms with Crippen LogP contribution in [-0.2, 0) is 19.0 Å². The third kappa shape index (κ3) is 2.66. The van der Waals surface area contributed by atoms with Crippen LogP contribution in [0.3, 0.4) is 0 Å². The molecule has 4 heteroatoms. The van der Waals surface area contributed by atoms with Gasteiger partial charge in [0.25, 0.3) is 0 Å². The Labute approximate surface area is 207 Å². The van der Waals surface area contributed by atoms with E-state index in [4.69, 9.17) is 14.2 Å². The van der Waals surface area contributed by atoms with Crippen molar-refractivity contribution in [3.05, 3.63) is 0 Å². The summed E-state index contributed by atoms with van der Waals surface area (Å²) in [6.45, 7) is 16.3. The SMILES string of the molecule is CC(=O)OC1CCC2(C)C3(CCC4(O3)C3CCC(C(C)CCC(C)C(C)C)C3(C)CC3OC342)C1. The molecule has 3 aliphatic carbocycles. The van der Waals surface area contributed by atoms with Gasteiger partial charge in [0.2, 0.25) is 0 Å². The van der Waals surface area contributed by atoms with Gasteiger partial charge in [-0.05, 0) is 80.0 Å². The fourth-order valence-electron chi connectivity index (χ4n) is 10.8. The van der Waals surface area contributed by atoms with Crippen LogP contribution < -0.4 is 0 Å². The molecule has 3 spiro atoms. The third-order valence-electron chi connectivity index (χ3n) is 12.8. The molecule has 0 radical (unpaired) electrons.